The lowest BCUT2D eigenvalue weighted by Gasteiger charge is -2.35. The van der Waals surface area contributed by atoms with E-state index in [0.717, 1.165) is 31.2 Å². The second-order valence-electron chi connectivity index (χ2n) is 8.46. The SMILES string of the molecule is CC(C)N(C)C(=O)C1CCN(C(=O)CN(Cc2ccc(F)cc2)C2CC2)CC1. The van der Waals surface area contributed by atoms with Gasteiger partial charge >= 0.3 is 0 Å². The molecule has 28 heavy (non-hydrogen) atoms. The van der Waals surface area contributed by atoms with Crippen molar-refractivity contribution in [2.45, 2.75) is 58.2 Å². The number of hydrogen-bond acceptors (Lipinski definition) is 3. The van der Waals surface area contributed by atoms with Crippen LogP contribution >= 0.6 is 0 Å². The van der Waals surface area contributed by atoms with Crippen LogP contribution in [0.2, 0.25) is 0 Å². The third-order valence-electron chi connectivity index (χ3n) is 6.02. The third-order valence-corrected chi connectivity index (χ3v) is 6.02. The second kappa shape index (κ2) is 9.03. The maximum Gasteiger partial charge on any atom is 0.236 e. The minimum Gasteiger partial charge on any atom is -0.343 e. The molecule has 2 aliphatic rings. The normalized spacial score (nSPS) is 18.0. The molecule has 0 unspecified atom stereocenters. The van der Waals surface area contributed by atoms with Crippen LogP contribution in [0, 0.1) is 11.7 Å². The summed E-state index contributed by atoms with van der Waals surface area (Å²) in [7, 11) is 1.85. The molecule has 0 radical (unpaired) electrons. The standard InChI is InChI=1S/C22H32FN3O2/c1-16(2)24(3)22(28)18-10-12-25(13-11-18)21(27)15-26(20-8-9-20)14-17-4-6-19(23)7-5-17/h4-7,16,18,20H,8-15H2,1-3H3. The van der Waals surface area contributed by atoms with Gasteiger partial charge < -0.3 is 9.80 Å². The molecule has 0 bridgehead atoms. The molecule has 1 aromatic carbocycles. The first-order chi connectivity index (χ1) is 13.3. The number of hydrogen-bond donors (Lipinski definition) is 0. The molecule has 0 spiro atoms. The number of likely N-dealkylation sites (tertiary alicyclic amines) is 1. The Hall–Kier alpha value is -1.95. The van der Waals surface area contributed by atoms with E-state index in [2.05, 4.69) is 4.90 Å². The number of halogens is 1. The lowest BCUT2D eigenvalue weighted by Crippen LogP contribution is -2.47. The molecule has 1 aromatic rings. The summed E-state index contributed by atoms with van der Waals surface area (Å²) in [5, 5.41) is 0. The van der Waals surface area contributed by atoms with Gasteiger partial charge in [0.25, 0.3) is 0 Å². The minimum absolute atomic E-state index is 0.0233. The van der Waals surface area contributed by atoms with Crippen molar-refractivity contribution in [3.8, 4) is 0 Å². The first kappa shape index (κ1) is 20.8. The van der Waals surface area contributed by atoms with Crippen LogP contribution in [-0.2, 0) is 16.1 Å². The summed E-state index contributed by atoms with van der Waals surface area (Å²) in [5.74, 6) is 0.115. The van der Waals surface area contributed by atoms with Crippen LogP contribution in [-0.4, -0.2) is 65.3 Å². The van der Waals surface area contributed by atoms with Crippen molar-refractivity contribution in [3.63, 3.8) is 0 Å². The highest BCUT2D eigenvalue weighted by Crippen LogP contribution is 2.29. The largest absolute Gasteiger partial charge is 0.343 e. The average molecular weight is 390 g/mol. The van der Waals surface area contributed by atoms with Crippen molar-refractivity contribution in [1.82, 2.24) is 14.7 Å². The summed E-state index contributed by atoms with van der Waals surface area (Å²) >= 11 is 0. The summed E-state index contributed by atoms with van der Waals surface area (Å²) in [6, 6.07) is 7.17. The highest BCUT2D eigenvalue weighted by atomic mass is 19.1. The predicted molar refractivity (Wildman–Crippen MR) is 107 cm³/mol. The molecule has 6 heteroatoms. The van der Waals surface area contributed by atoms with Crippen molar-refractivity contribution in [1.29, 1.82) is 0 Å². The molecule has 1 aliphatic carbocycles. The fourth-order valence-electron chi connectivity index (χ4n) is 3.77. The number of benzene rings is 1. The van der Waals surface area contributed by atoms with Gasteiger partial charge in [0.15, 0.2) is 0 Å². The van der Waals surface area contributed by atoms with Crippen LogP contribution < -0.4 is 0 Å². The quantitative estimate of drug-likeness (QED) is 0.720. The Labute approximate surface area is 167 Å². The van der Waals surface area contributed by atoms with Crippen molar-refractivity contribution in [2.24, 2.45) is 5.92 Å². The zero-order chi connectivity index (χ0) is 20.3. The lowest BCUT2D eigenvalue weighted by molar-refractivity contribution is -0.141. The molecule has 2 fully saturated rings. The van der Waals surface area contributed by atoms with E-state index >= 15 is 0 Å². The van der Waals surface area contributed by atoms with Gasteiger partial charge in [0.1, 0.15) is 5.82 Å². The predicted octanol–water partition coefficient (Wildman–Crippen LogP) is 2.90. The zero-order valence-electron chi connectivity index (χ0n) is 17.2. The number of nitrogens with zero attached hydrogens (tertiary/aromatic N) is 3. The Morgan fingerprint density at radius 2 is 1.71 bits per heavy atom. The fourth-order valence-corrected chi connectivity index (χ4v) is 3.77. The molecule has 5 nitrogen and oxygen atoms in total. The van der Waals surface area contributed by atoms with E-state index in [1.54, 1.807) is 17.0 Å². The van der Waals surface area contributed by atoms with E-state index in [1.807, 2.05) is 25.8 Å². The molecule has 0 atom stereocenters. The monoisotopic (exact) mass is 389 g/mol. The Bertz CT molecular complexity index is 680. The number of piperidine rings is 1. The van der Waals surface area contributed by atoms with E-state index in [9.17, 15) is 14.0 Å². The van der Waals surface area contributed by atoms with E-state index in [0.29, 0.717) is 32.2 Å². The summed E-state index contributed by atoms with van der Waals surface area (Å²) in [6.07, 6.45) is 3.71. The van der Waals surface area contributed by atoms with Crippen LogP contribution in [0.1, 0.15) is 45.1 Å². The third kappa shape index (κ3) is 5.31. The van der Waals surface area contributed by atoms with E-state index in [1.165, 1.54) is 12.1 Å². The van der Waals surface area contributed by atoms with Gasteiger partial charge in [-0.15, -0.1) is 0 Å². The summed E-state index contributed by atoms with van der Waals surface area (Å²) < 4.78 is 13.1. The Kier molecular flexibility index (Phi) is 6.70. The van der Waals surface area contributed by atoms with Gasteiger partial charge in [0.05, 0.1) is 6.54 Å². The summed E-state index contributed by atoms with van der Waals surface area (Å²) in [4.78, 5) is 31.3. The molecular formula is C22H32FN3O2. The topological polar surface area (TPSA) is 43.9 Å². The molecule has 1 heterocycles. The van der Waals surface area contributed by atoms with Crippen LogP contribution in [0.15, 0.2) is 24.3 Å². The van der Waals surface area contributed by atoms with Gasteiger partial charge in [-0.3, -0.25) is 14.5 Å². The van der Waals surface area contributed by atoms with Crippen molar-refractivity contribution < 1.29 is 14.0 Å². The van der Waals surface area contributed by atoms with Crippen LogP contribution in [0.25, 0.3) is 0 Å². The molecule has 3 rings (SSSR count). The average Bonchev–Trinajstić information content (AvgIpc) is 3.53. The van der Waals surface area contributed by atoms with E-state index in [4.69, 9.17) is 0 Å². The Morgan fingerprint density at radius 1 is 1.11 bits per heavy atom. The van der Waals surface area contributed by atoms with Crippen LogP contribution in [0.3, 0.4) is 0 Å². The van der Waals surface area contributed by atoms with Gasteiger partial charge in [-0.1, -0.05) is 12.1 Å². The van der Waals surface area contributed by atoms with Gasteiger partial charge in [-0.05, 0) is 57.2 Å². The van der Waals surface area contributed by atoms with Gasteiger partial charge in [-0.25, -0.2) is 4.39 Å². The van der Waals surface area contributed by atoms with Crippen molar-refractivity contribution >= 4 is 11.8 Å². The highest BCUT2D eigenvalue weighted by molar-refractivity contribution is 5.81. The van der Waals surface area contributed by atoms with Crippen LogP contribution in [0.5, 0.6) is 0 Å². The summed E-state index contributed by atoms with van der Waals surface area (Å²) in [6.45, 7) is 6.40. The molecule has 0 N–H and O–H groups in total. The fraction of sp³-hybridized carbons (Fsp3) is 0.636. The highest BCUT2D eigenvalue weighted by Gasteiger charge is 2.33. The molecule has 1 saturated carbocycles. The number of rotatable bonds is 7. The smallest absolute Gasteiger partial charge is 0.236 e. The Morgan fingerprint density at radius 3 is 2.25 bits per heavy atom. The molecular weight excluding hydrogens is 357 g/mol. The first-order valence-electron chi connectivity index (χ1n) is 10.4. The van der Waals surface area contributed by atoms with Crippen molar-refractivity contribution in [2.75, 3.05) is 26.7 Å². The second-order valence-corrected chi connectivity index (χ2v) is 8.46. The Balaban J connectivity index is 1.51. The maximum absolute atomic E-state index is 13.1. The lowest BCUT2D eigenvalue weighted by atomic mass is 9.95. The molecule has 2 amide bonds. The maximum atomic E-state index is 13.1. The molecule has 154 valence electrons. The minimum atomic E-state index is -0.238. The van der Waals surface area contributed by atoms with Gasteiger partial charge in [-0.2, -0.15) is 0 Å². The summed E-state index contributed by atoms with van der Waals surface area (Å²) in [5.41, 5.74) is 1.03. The van der Waals surface area contributed by atoms with E-state index in [-0.39, 0.29) is 29.6 Å². The number of amides is 2. The number of carbonyl (C=O) groups is 2. The van der Waals surface area contributed by atoms with Gasteiger partial charge in [0.2, 0.25) is 11.8 Å². The van der Waals surface area contributed by atoms with E-state index < -0.39 is 0 Å². The first-order valence-corrected chi connectivity index (χ1v) is 10.4. The zero-order valence-corrected chi connectivity index (χ0v) is 17.2. The number of carbonyl (C=O) groups excluding carboxylic acids is 2. The molecule has 0 aromatic heterocycles. The van der Waals surface area contributed by atoms with Crippen molar-refractivity contribution in [3.05, 3.63) is 35.6 Å². The molecule has 1 aliphatic heterocycles. The van der Waals surface area contributed by atoms with Crippen LogP contribution in [0.4, 0.5) is 4.39 Å². The molecule has 1 saturated heterocycles. The van der Waals surface area contributed by atoms with Gasteiger partial charge in [0, 0.05) is 44.7 Å².